The molecule has 116 valence electrons. The van der Waals surface area contributed by atoms with Crippen LogP contribution in [0.3, 0.4) is 0 Å². The van der Waals surface area contributed by atoms with Gasteiger partial charge in [0.1, 0.15) is 11.6 Å². The molecule has 1 N–H and O–H groups in total. The number of nitrogens with one attached hydrogen (secondary N) is 1. The number of rotatable bonds is 6. The summed E-state index contributed by atoms with van der Waals surface area (Å²) in [7, 11) is 0. The molecule has 0 spiro atoms. The quantitative estimate of drug-likeness (QED) is 0.881. The van der Waals surface area contributed by atoms with Gasteiger partial charge in [-0.25, -0.2) is 4.39 Å². The second-order valence-corrected chi connectivity index (χ2v) is 5.20. The molecule has 0 saturated carbocycles. The van der Waals surface area contributed by atoms with Crippen molar-refractivity contribution in [2.24, 2.45) is 0 Å². The van der Waals surface area contributed by atoms with Crippen molar-refractivity contribution < 1.29 is 13.9 Å². The molecule has 0 aromatic heterocycles. The standard InChI is InChI=1S/C18H20FNO2/c1-13-5-3-4-6-17(13)22-12-11-18(21)20-14(2)15-7-9-16(19)10-8-15/h3-10,14H,11-12H2,1-2H3,(H,20,21)/t14-/m0/s1. The highest BCUT2D eigenvalue weighted by Crippen LogP contribution is 2.16. The summed E-state index contributed by atoms with van der Waals surface area (Å²) in [4.78, 5) is 11.9. The molecule has 2 rings (SSSR count). The summed E-state index contributed by atoms with van der Waals surface area (Å²) in [6.07, 6.45) is 0.278. The van der Waals surface area contributed by atoms with Crippen LogP contribution in [0.1, 0.15) is 30.5 Å². The number of benzene rings is 2. The molecule has 1 amide bonds. The Labute approximate surface area is 130 Å². The average Bonchev–Trinajstić information content (AvgIpc) is 2.50. The van der Waals surface area contributed by atoms with E-state index in [2.05, 4.69) is 5.32 Å². The van der Waals surface area contributed by atoms with Crippen molar-refractivity contribution >= 4 is 5.91 Å². The molecule has 0 heterocycles. The van der Waals surface area contributed by atoms with E-state index >= 15 is 0 Å². The molecule has 0 aliphatic heterocycles. The smallest absolute Gasteiger partial charge is 0.223 e. The number of amides is 1. The van der Waals surface area contributed by atoms with E-state index < -0.39 is 0 Å². The van der Waals surface area contributed by atoms with Crippen LogP contribution in [0.5, 0.6) is 5.75 Å². The van der Waals surface area contributed by atoms with E-state index in [1.165, 1.54) is 12.1 Å². The zero-order valence-corrected chi connectivity index (χ0v) is 12.8. The third kappa shape index (κ3) is 4.58. The van der Waals surface area contributed by atoms with Gasteiger partial charge in [0.25, 0.3) is 0 Å². The Hall–Kier alpha value is -2.36. The zero-order chi connectivity index (χ0) is 15.9. The van der Waals surface area contributed by atoms with Crippen LogP contribution in [0, 0.1) is 12.7 Å². The Balaban J connectivity index is 1.78. The Morgan fingerprint density at radius 2 is 1.86 bits per heavy atom. The van der Waals surface area contributed by atoms with Gasteiger partial charge in [0, 0.05) is 0 Å². The maximum Gasteiger partial charge on any atom is 0.223 e. The average molecular weight is 301 g/mol. The molecule has 3 nitrogen and oxygen atoms in total. The topological polar surface area (TPSA) is 38.3 Å². The SMILES string of the molecule is Cc1ccccc1OCCC(=O)N[C@@H](C)c1ccc(F)cc1. The van der Waals surface area contributed by atoms with E-state index in [4.69, 9.17) is 4.74 Å². The molecule has 0 aliphatic carbocycles. The second-order valence-electron chi connectivity index (χ2n) is 5.20. The van der Waals surface area contributed by atoms with E-state index in [1.54, 1.807) is 12.1 Å². The third-order valence-electron chi connectivity index (χ3n) is 3.43. The van der Waals surface area contributed by atoms with E-state index in [-0.39, 0.29) is 24.2 Å². The molecule has 0 fully saturated rings. The van der Waals surface area contributed by atoms with Crippen LogP contribution in [0.4, 0.5) is 4.39 Å². The molecule has 4 heteroatoms. The van der Waals surface area contributed by atoms with Gasteiger partial charge in [-0.15, -0.1) is 0 Å². The second kappa shape index (κ2) is 7.59. The Morgan fingerprint density at radius 3 is 2.55 bits per heavy atom. The van der Waals surface area contributed by atoms with Crippen LogP contribution >= 0.6 is 0 Å². The minimum atomic E-state index is -0.283. The lowest BCUT2D eigenvalue weighted by atomic mass is 10.1. The molecular formula is C18H20FNO2. The van der Waals surface area contributed by atoms with Crippen molar-refractivity contribution in [2.45, 2.75) is 26.3 Å². The molecular weight excluding hydrogens is 281 g/mol. The lowest BCUT2D eigenvalue weighted by Gasteiger charge is -2.15. The third-order valence-corrected chi connectivity index (χ3v) is 3.43. The normalized spacial score (nSPS) is 11.8. The van der Waals surface area contributed by atoms with Gasteiger partial charge in [0.2, 0.25) is 5.91 Å². The van der Waals surface area contributed by atoms with Gasteiger partial charge in [-0.3, -0.25) is 4.79 Å². The van der Waals surface area contributed by atoms with Gasteiger partial charge < -0.3 is 10.1 Å². The van der Waals surface area contributed by atoms with Gasteiger partial charge in [0.15, 0.2) is 0 Å². The number of hydrogen-bond acceptors (Lipinski definition) is 2. The number of carbonyl (C=O) groups excluding carboxylic acids is 1. The molecule has 0 saturated heterocycles. The minimum absolute atomic E-state index is 0.0922. The van der Waals surface area contributed by atoms with Gasteiger partial charge in [-0.2, -0.15) is 0 Å². The van der Waals surface area contributed by atoms with Crippen LogP contribution in [0.2, 0.25) is 0 Å². The predicted molar refractivity (Wildman–Crippen MR) is 84.2 cm³/mol. The summed E-state index contributed by atoms with van der Waals surface area (Å²) >= 11 is 0. The number of ether oxygens (including phenoxy) is 1. The first-order valence-corrected chi connectivity index (χ1v) is 7.29. The van der Waals surface area contributed by atoms with Crippen LogP contribution in [0.25, 0.3) is 0 Å². The van der Waals surface area contributed by atoms with E-state index in [0.29, 0.717) is 6.61 Å². The molecule has 1 atom stereocenters. The monoisotopic (exact) mass is 301 g/mol. The molecule has 0 bridgehead atoms. The first kappa shape index (κ1) is 16.0. The Kier molecular flexibility index (Phi) is 5.53. The van der Waals surface area contributed by atoms with Crippen LogP contribution in [-0.2, 0) is 4.79 Å². The summed E-state index contributed by atoms with van der Waals surface area (Å²) < 4.78 is 18.5. The van der Waals surface area contributed by atoms with Crippen LogP contribution < -0.4 is 10.1 Å². The van der Waals surface area contributed by atoms with Gasteiger partial charge >= 0.3 is 0 Å². The van der Waals surface area contributed by atoms with Gasteiger partial charge in [-0.1, -0.05) is 30.3 Å². The van der Waals surface area contributed by atoms with Crippen molar-refractivity contribution in [1.29, 1.82) is 0 Å². The number of para-hydroxylation sites is 1. The fourth-order valence-electron chi connectivity index (χ4n) is 2.12. The molecule has 2 aromatic carbocycles. The van der Waals surface area contributed by atoms with Crippen molar-refractivity contribution in [1.82, 2.24) is 5.32 Å². The lowest BCUT2D eigenvalue weighted by Crippen LogP contribution is -2.27. The highest BCUT2D eigenvalue weighted by molar-refractivity contribution is 5.76. The minimum Gasteiger partial charge on any atom is -0.493 e. The number of halogens is 1. The number of hydrogen-bond donors (Lipinski definition) is 1. The predicted octanol–water partition coefficient (Wildman–Crippen LogP) is 3.78. The summed E-state index contributed by atoms with van der Waals surface area (Å²) in [6, 6.07) is 13.7. The molecule has 0 radical (unpaired) electrons. The van der Waals surface area contributed by atoms with Crippen molar-refractivity contribution in [3.63, 3.8) is 0 Å². The van der Waals surface area contributed by atoms with Gasteiger partial charge in [0.05, 0.1) is 19.1 Å². The Morgan fingerprint density at radius 1 is 1.18 bits per heavy atom. The summed E-state index contributed by atoms with van der Waals surface area (Å²) in [6.45, 7) is 4.16. The first-order chi connectivity index (χ1) is 10.6. The van der Waals surface area contributed by atoms with E-state index in [1.807, 2.05) is 38.1 Å². The highest BCUT2D eigenvalue weighted by atomic mass is 19.1. The van der Waals surface area contributed by atoms with Crippen LogP contribution in [0.15, 0.2) is 48.5 Å². The lowest BCUT2D eigenvalue weighted by molar-refractivity contribution is -0.122. The summed E-state index contributed by atoms with van der Waals surface area (Å²) in [5.74, 6) is 0.418. The van der Waals surface area contributed by atoms with E-state index in [0.717, 1.165) is 16.9 Å². The number of carbonyl (C=O) groups is 1. The summed E-state index contributed by atoms with van der Waals surface area (Å²) in [5, 5.41) is 2.88. The van der Waals surface area contributed by atoms with E-state index in [9.17, 15) is 9.18 Å². The first-order valence-electron chi connectivity index (χ1n) is 7.29. The molecule has 0 aliphatic rings. The summed E-state index contributed by atoms with van der Waals surface area (Å²) in [5.41, 5.74) is 1.91. The molecule has 22 heavy (non-hydrogen) atoms. The number of aryl methyl sites for hydroxylation is 1. The Bertz CT molecular complexity index is 625. The fourth-order valence-corrected chi connectivity index (χ4v) is 2.12. The zero-order valence-electron chi connectivity index (χ0n) is 12.8. The van der Waals surface area contributed by atoms with Crippen LogP contribution in [-0.4, -0.2) is 12.5 Å². The van der Waals surface area contributed by atoms with Crippen molar-refractivity contribution in [3.8, 4) is 5.75 Å². The molecule has 2 aromatic rings. The highest BCUT2D eigenvalue weighted by Gasteiger charge is 2.10. The maximum absolute atomic E-state index is 12.9. The largest absolute Gasteiger partial charge is 0.493 e. The fraction of sp³-hybridized carbons (Fsp3) is 0.278. The van der Waals surface area contributed by atoms with Gasteiger partial charge in [-0.05, 0) is 43.2 Å². The van der Waals surface area contributed by atoms with Crippen molar-refractivity contribution in [3.05, 3.63) is 65.5 Å². The maximum atomic E-state index is 12.9. The molecule has 0 unspecified atom stereocenters. The van der Waals surface area contributed by atoms with Crippen molar-refractivity contribution in [2.75, 3.05) is 6.61 Å².